The minimum absolute atomic E-state index is 0.116. The van der Waals surface area contributed by atoms with Gasteiger partial charge in [-0.1, -0.05) is 11.6 Å². The van der Waals surface area contributed by atoms with Crippen molar-refractivity contribution >= 4 is 11.6 Å². The van der Waals surface area contributed by atoms with E-state index in [-0.39, 0.29) is 11.4 Å². The first-order valence-corrected chi connectivity index (χ1v) is 5.93. The van der Waals surface area contributed by atoms with E-state index in [2.05, 4.69) is 15.0 Å². The predicted molar refractivity (Wildman–Crippen MR) is 64.8 cm³/mol. The van der Waals surface area contributed by atoms with Crippen molar-refractivity contribution < 1.29 is 22.0 Å². The molecular weight excluding hydrogens is 317 g/mol. The van der Waals surface area contributed by atoms with Gasteiger partial charge < -0.3 is 0 Å². The van der Waals surface area contributed by atoms with Crippen molar-refractivity contribution in [1.29, 1.82) is 0 Å². The Labute approximate surface area is 120 Å². The summed E-state index contributed by atoms with van der Waals surface area (Å²) in [6.45, 7) is 0.591. The molecule has 9 heteroatoms. The molecule has 3 nitrogen and oxygen atoms in total. The van der Waals surface area contributed by atoms with Crippen LogP contribution in [0.2, 0.25) is 5.15 Å². The topological polar surface area (TPSA) is 38.7 Å². The van der Waals surface area contributed by atoms with E-state index >= 15 is 0 Å². The fraction of sp³-hybridized carbons (Fsp3) is 0.250. The Kier molecular flexibility index (Phi) is 4.08. The van der Waals surface area contributed by atoms with Crippen LogP contribution in [0.1, 0.15) is 24.7 Å². The second kappa shape index (κ2) is 5.51. The lowest BCUT2D eigenvalue weighted by atomic mass is 10.2. The van der Waals surface area contributed by atoms with Gasteiger partial charge in [-0.25, -0.2) is 28.1 Å². The zero-order valence-electron chi connectivity index (χ0n) is 10.4. The van der Waals surface area contributed by atoms with Crippen LogP contribution >= 0.6 is 11.6 Å². The molecule has 2 rings (SSSR count). The molecule has 0 N–H and O–H groups in total. The molecule has 2 aromatic rings. The molecule has 0 aliphatic carbocycles. The average molecular weight is 324 g/mol. The molecule has 0 radical (unpaired) electrons. The molecule has 0 amide bonds. The molecule has 0 saturated carbocycles. The summed E-state index contributed by atoms with van der Waals surface area (Å²) < 4.78 is 64.5. The molecule has 0 aromatic carbocycles. The molecule has 21 heavy (non-hydrogen) atoms. The summed E-state index contributed by atoms with van der Waals surface area (Å²) in [6, 6.07) is 1.85. The Bertz CT molecular complexity index is 672. The normalized spacial score (nSPS) is 12.0. The Morgan fingerprint density at radius 2 is 1.81 bits per heavy atom. The van der Waals surface area contributed by atoms with E-state index in [9.17, 15) is 22.0 Å². The second-order valence-corrected chi connectivity index (χ2v) is 4.51. The van der Waals surface area contributed by atoms with Crippen molar-refractivity contribution in [3.05, 3.63) is 40.7 Å². The van der Waals surface area contributed by atoms with Gasteiger partial charge in [0, 0.05) is 6.92 Å². The van der Waals surface area contributed by atoms with Gasteiger partial charge in [-0.05, 0) is 12.1 Å². The summed E-state index contributed by atoms with van der Waals surface area (Å²) >= 11 is 5.59. The Morgan fingerprint density at radius 3 is 2.33 bits per heavy atom. The zero-order valence-corrected chi connectivity index (χ0v) is 11.2. The predicted octanol–water partition coefficient (Wildman–Crippen LogP) is 4.38. The highest BCUT2D eigenvalue weighted by Crippen LogP contribution is 2.31. The van der Waals surface area contributed by atoms with Crippen LogP contribution in [0.4, 0.5) is 22.0 Å². The number of pyridine rings is 1. The number of aromatic nitrogens is 3. The highest BCUT2D eigenvalue weighted by atomic mass is 35.5. The van der Waals surface area contributed by atoms with E-state index in [1.165, 1.54) is 0 Å². The van der Waals surface area contributed by atoms with Crippen molar-refractivity contribution in [2.75, 3.05) is 0 Å². The Morgan fingerprint density at radius 1 is 1.14 bits per heavy atom. The lowest BCUT2D eigenvalue weighted by Crippen LogP contribution is -2.12. The first-order valence-electron chi connectivity index (χ1n) is 5.56. The number of rotatable bonds is 3. The van der Waals surface area contributed by atoms with Crippen LogP contribution in [-0.4, -0.2) is 15.0 Å². The summed E-state index contributed by atoms with van der Waals surface area (Å²) in [5.41, 5.74) is -2.07. The Hall–Kier alpha value is -1.83. The standard InChI is InChI=1S/C12H7ClF5N3/c1-12(17,18)9-10(13)21-7(4-19-9)6-3-2-5(14)8(20-6)11(15)16/h2-4,11H,1H3. The SMILES string of the molecule is CC(F)(F)c1ncc(-c2ccc(F)c(C(F)F)n2)nc1Cl. The van der Waals surface area contributed by atoms with Crippen LogP contribution in [0.25, 0.3) is 11.4 Å². The van der Waals surface area contributed by atoms with Crippen LogP contribution in [-0.2, 0) is 5.92 Å². The fourth-order valence-electron chi connectivity index (χ4n) is 1.54. The molecule has 0 saturated heterocycles. The van der Waals surface area contributed by atoms with Gasteiger partial charge in [0.15, 0.2) is 11.0 Å². The summed E-state index contributed by atoms with van der Waals surface area (Å²) in [5.74, 6) is -4.48. The van der Waals surface area contributed by atoms with E-state index in [4.69, 9.17) is 11.6 Å². The minimum atomic E-state index is -3.30. The van der Waals surface area contributed by atoms with Gasteiger partial charge in [0.05, 0.1) is 11.9 Å². The smallest absolute Gasteiger partial charge is 0.249 e. The summed E-state index contributed by atoms with van der Waals surface area (Å²) in [7, 11) is 0. The molecule has 0 bridgehead atoms. The number of nitrogens with zero attached hydrogens (tertiary/aromatic N) is 3. The second-order valence-electron chi connectivity index (χ2n) is 4.15. The van der Waals surface area contributed by atoms with Gasteiger partial charge in [-0.3, -0.25) is 0 Å². The fourth-order valence-corrected chi connectivity index (χ4v) is 1.84. The van der Waals surface area contributed by atoms with Crippen molar-refractivity contribution in [3.63, 3.8) is 0 Å². The molecule has 0 fully saturated rings. The van der Waals surface area contributed by atoms with E-state index in [1.54, 1.807) is 0 Å². The van der Waals surface area contributed by atoms with E-state index in [1.807, 2.05) is 0 Å². The van der Waals surface area contributed by atoms with Crippen LogP contribution in [0, 0.1) is 5.82 Å². The van der Waals surface area contributed by atoms with Crippen molar-refractivity contribution in [1.82, 2.24) is 15.0 Å². The number of hydrogen-bond acceptors (Lipinski definition) is 3. The maximum absolute atomic E-state index is 13.1. The molecule has 0 aliphatic heterocycles. The largest absolute Gasteiger partial charge is 0.290 e. The molecular formula is C12H7ClF5N3. The first-order chi connectivity index (χ1) is 9.70. The van der Waals surface area contributed by atoms with Crippen LogP contribution in [0.5, 0.6) is 0 Å². The monoisotopic (exact) mass is 323 g/mol. The molecule has 0 atom stereocenters. The van der Waals surface area contributed by atoms with E-state index < -0.39 is 34.7 Å². The molecule has 112 valence electrons. The lowest BCUT2D eigenvalue weighted by Gasteiger charge is -2.11. The number of alkyl halides is 4. The number of halogens is 6. The van der Waals surface area contributed by atoms with Gasteiger partial charge in [0.2, 0.25) is 0 Å². The van der Waals surface area contributed by atoms with E-state index in [0.29, 0.717) is 6.92 Å². The van der Waals surface area contributed by atoms with Gasteiger partial charge in [-0.2, -0.15) is 8.78 Å². The van der Waals surface area contributed by atoms with Gasteiger partial charge in [0.1, 0.15) is 17.1 Å². The molecule has 0 spiro atoms. The highest BCUT2D eigenvalue weighted by molar-refractivity contribution is 6.30. The quantitative estimate of drug-likeness (QED) is 0.787. The van der Waals surface area contributed by atoms with Crippen molar-refractivity contribution in [2.45, 2.75) is 19.3 Å². The molecule has 0 aliphatic rings. The summed E-state index contributed by atoms with van der Waals surface area (Å²) in [5, 5.41) is -0.579. The average Bonchev–Trinajstić information content (AvgIpc) is 2.37. The first kappa shape index (κ1) is 15.6. The Balaban J connectivity index is 2.49. The van der Waals surface area contributed by atoms with E-state index in [0.717, 1.165) is 18.3 Å². The zero-order chi connectivity index (χ0) is 15.8. The third kappa shape index (κ3) is 3.26. The third-order valence-electron chi connectivity index (χ3n) is 2.49. The molecule has 2 heterocycles. The van der Waals surface area contributed by atoms with Crippen LogP contribution < -0.4 is 0 Å². The third-order valence-corrected chi connectivity index (χ3v) is 2.75. The lowest BCUT2D eigenvalue weighted by molar-refractivity contribution is 0.0125. The maximum atomic E-state index is 13.1. The van der Waals surface area contributed by atoms with Gasteiger partial charge in [-0.15, -0.1) is 0 Å². The molecule has 0 unspecified atom stereocenters. The summed E-state index contributed by atoms with van der Waals surface area (Å²) in [4.78, 5) is 10.5. The van der Waals surface area contributed by atoms with Gasteiger partial charge >= 0.3 is 0 Å². The van der Waals surface area contributed by atoms with Crippen LogP contribution in [0.3, 0.4) is 0 Å². The summed E-state index contributed by atoms with van der Waals surface area (Å²) in [6.07, 6.45) is -2.21. The number of hydrogen-bond donors (Lipinski definition) is 0. The minimum Gasteiger partial charge on any atom is -0.249 e. The van der Waals surface area contributed by atoms with Gasteiger partial charge in [0.25, 0.3) is 12.3 Å². The highest BCUT2D eigenvalue weighted by Gasteiger charge is 2.30. The van der Waals surface area contributed by atoms with Crippen molar-refractivity contribution in [2.24, 2.45) is 0 Å². The molecule has 2 aromatic heterocycles. The van der Waals surface area contributed by atoms with Crippen molar-refractivity contribution in [3.8, 4) is 11.4 Å². The van der Waals surface area contributed by atoms with Crippen LogP contribution in [0.15, 0.2) is 18.3 Å². The maximum Gasteiger partial charge on any atom is 0.290 e.